The molecule has 0 saturated carbocycles. The molecule has 104 valence electrons. The van der Waals surface area contributed by atoms with Crippen LogP contribution in [0.2, 0.25) is 0 Å². The molecule has 0 amide bonds. The van der Waals surface area contributed by atoms with Gasteiger partial charge >= 0.3 is 0 Å². The maximum absolute atomic E-state index is 11.3. The van der Waals surface area contributed by atoms with Gasteiger partial charge < -0.3 is 5.11 Å². The SMILES string of the molecule is Cc1cc(CO)c(-c2ccccc2C=O)c2ccccc12. The molecule has 1 N–H and O–H groups in total. The van der Waals surface area contributed by atoms with Crippen LogP contribution in [0.25, 0.3) is 21.9 Å². The van der Waals surface area contributed by atoms with Crippen molar-refractivity contribution >= 4 is 17.1 Å². The highest BCUT2D eigenvalue weighted by Crippen LogP contribution is 2.35. The Hall–Kier alpha value is -2.45. The highest BCUT2D eigenvalue weighted by Gasteiger charge is 2.14. The van der Waals surface area contributed by atoms with E-state index in [1.54, 1.807) is 6.07 Å². The third-order valence-electron chi connectivity index (χ3n) is 3.86. The Morgan fingerprint density at radius 1 is 1.00 bits per heavy atom. The quantitative estimate of drug-likeness (QED) is 0.731. The smallest absolute Gasteiger partial charge is 0.150 e. The maximum Gasteiger partial charge on any atom is 0.150 e. The van der Waals surface area contributed by atoms with Gasteiger partial charge in [0, 0.05) is 5.56 Å². The van der Waals surface area contributed by atoms with Crippen LogP contribution >= 0.6 is 0 Å². The van der Waals surface area contributed by atoms with Crippen LogP contribution in [-0.4, -0.2) is 11.4 Å². The lowest BCUT2D eigenvalue weighted by Gasteiger charge is -2.15. The topological polar surface area (TPSA) is 37.3 Å². The zero-order valence-electron chi connectivity index (χ0n) is 11.8. The van der Waals surface area contributed by atoms with E-state index >= 15 is 0 Å². The molecule has 0 aliphatic heterocycles. The monoisotopic (exact) mass is 276 g/mol. The Bertz CT molecular complexity index is 819. The number of hydrogen-bond acceptors (Lipinski definition) is 2. The van der Waals surface area contributed by atoms with Crippen molar-refractivity contribution < 1.29 is 9.90 Å². The third-order valence-corrected chi connectivity index (χ3v) is 3.86. The van der Waals surface area contributed by atoms with Crippen LogP contribution in [0.1, 0.15) is 21.5 Å². The predicted octanol–water partition coefficient (Wildman–Crippen LogP) is 4.12. The molecule has 0 spiro atoms. The fourth-order valence-electron chi connectivity index (χ4n) is 2.90. The summed E-state index contributed by atoms with van der Waals surface area (Å²) in [5, 5.41) is 11.9. The second-order valence-electron chi connectivity index (χ2n) is 5.14. The van der Waals surface area contributed by atoms with Gasteiger partial charge in [0.15, 0.2) is 6.29 Å². The summed E-state index contributed by atoms with van der Waals surface area (Å²) in [5.41, 5.74) is 4.43. The Balaban J connectivity index is 2.46. The van der Waals surface area contributed by atoms with Crippen LogP contribution in [0.3, 0.4) is 0 Å². The van der Waals surface area contributed by atoms with E-state index in [-0.39, 0.29) is 6.61 Å². The fraction of sp³-hybridized carbons (Fsp3) is 0.105. The number of rotatable bonds is 3. The van der Waals surface area contributed by atoms with Crippen molar-refractivity contribution in [2.75, 3.05) is 0 Å². The molecule has 21 heavy (non-hydrogen) atoms. The summed E-state index contributed by atoms with van der Waals surface area (Å²) in [4.78, 5) is 11.3. The number of carbonyl (C=O) groups is 1. The minimum Gasteiger partial charge on any atom is -0.392 e. The second-order valence-corrected chi connectivity index (χ2v) is 5.14. The lowest BCUT2D eigenvalue weighted by atomic mass is 9.89. The van der Waals surface area contributed by atoms with Crippen LogP contribution in [0, 0.1) is 6.92 Å². The molecule has 0 bridgehead atoms. The zero-order chi connectivity index (χ0) is 14.8. The van der Waals surface area contributed by atoms with Gasteiger partial charge in [0.05, 0.1) is 6.61 Å². The molecule has 0 aliphatic rings. The van der Waals surface area contributed by atoms with E-state index in [1.165, 1.54) is 0 Å². The summed E-state index contributed by atoms with van der Waals surface area (Å²) in [6.07, 6.45) is 0.866. The number of hydrogen-bond donors (Lipinski definition) is 1. The van der Waals surface area contributed by atoms with Crippen molar-refractivity contribution in [3.05, 3.63) is 71.3 Å². The first-order valence-corrected chi connectivity index (χ1v) is 6.93. The van der Waals surface area contributed by atoms with E-state index in [2.05, 4.69) is 6.07 Å². The van der Waals surface area contributed by atoms with Gasteiger partial charge in [0.1, 0.15) is 0 Å². The van der Waals surface area contributed by atoms with Crippen molar-refractivity contribution in [3.8, 4) is 11.1 Å². The van der Waals surface area contributed by atoms with Gasteiger partial charge in [-0.1, -0.05) is 54.6 Å². The first-order valence-electron chi connectivity index (χ1n) is 6.93. The van der Waals surface area contributed by atoms with E-state index in [9.17, 15) is 9.90 Å². The predicted molar refractivity (Wildman–Crippen MR) is 85.4 cm³/mol. The lowest BCUT2D eigenvalue weighted by molar-refractivity contribution is 0.112. The number of aldehydes is 1. The van der Waals surface area contributed by atoms with Gasteiger partial charge in [0.2, 0.25) is 0 Å². The molecule has 3 aromatic rings. The number of benzene rings is 3. The summed E-state index contributed by atoms with van der Waals surface area (Å²) in [5.74, 6) is 0. The maximum atomic E-state index is 11.3. The first kappa shape index (κ1) is 13.5. The van der Waals surface area contributed by atoms with E-state index in [4.69, 9.17) is 0 Å². The Kier molecular flexibility index (Phi) is 3.55. The van der Waals surface area contributed by atoms with Crippen LogP contribution in [0.5, 0.6) is 0 Å². The van der Waals surface area contributed by atoms with Gasteiger partial charge in [-0.3, -0.25) is 4.79 Å². The average molecular weight is 276 g/mol. The summed E-state index contributed by atoms with van der Waals surface area (Å²) in [6.45, 7) is 1.99. The molecule has 0 heterocycles. The largest absolute Gasteiger partial charge is 0.392 e. The lowest BCUT2D eigenvalue weighted by Crippen LogP contribution is -1.96. The van der Waals surface area contributed by atoms with Crippen molar-refractivity contribution in [2.24, 2.45) is 0 Å². The van der Waals surface area contributed by atoms with E-state index in [0.717, 1.165) is 39.3 Å². The van der Waals surface area contributed by atoms with E-state index < -0.39 is 0 Å². The Labute approximate surface area is 123 Å². The van der Waals surface area contributed by atoms with Crippen LogP contribution in [0.4, 0.5) is 0 Å². The second kappa shape index (κ2) is 5.51. The van der Waals surface area contributed by atoms with Crippen LogP contribution in [0.15, 0.2) is 54.6 Å². The number of aliphatic hydroxyl groups is 1. The van der Waals surface area contributed by atoms with Gasteiger partial charge in [-0.25, -0.2) is 0 Å². The van der Waals surface area contributed by atoms with Crippen LogP contribution < -0.4 is 0 Å². The fourth-order valence-corrected chi connectivity index (χ4v) is 2.90. The van der Waals surface area contributed by atoms with E-state index in [0.29, 0.717) is 5.56 Å². The summed E-state index contributed by atoms with van der Waals surface area (Å²) in [7, 11) is 0. The molecule has 3 rings (SSSR count). The van der Waals surface area contributed by atoms with Gasteiger partial charge in [-0.2, -0.15) is 0 Å². The molecule has 0 aliphatic carbocycles. The number of carbonyl (C=O) groups excluding carboxylic acids is 1. The molecule has 2 nitrogen and oxygen atoms in total. The molecule has 0 radical (unpaired) electrons. The molecule has 0 atom stereocenters. The number of aryl methyl sites for hydroxylation is 1. The average Bonchev–Trinajstić information content (AvgIpc) is 2.55. The van der Waals surface area contributed by atoms with E-state index in [1.807, 2.05) is 49.4 Å². The van der Waals surface area contributed by atoms with Crippen molar-refractivity contribution in [2.45, 2.75) is 13.5 Å². The Morgan fingerprint density at radius 2 is 1.67 bits per heavy atom. The highest BCUT2D eigenvalue weighted by atomic mass is 16.3. The highest BCUT2D eigenvalue weighted by molar-refractivity contribution is 6.03. The number of aliphatic hydroxyl groups excluding tert-OH is 1. The first-order chi connectivity index (χ1) is 10.3. The standard InChI is InChI=1S/C19H16O2/c1-13-10-15(12-21)19(18-9-5-4-7-16(13)18)17-8-3-2-6-14(17)11-20/h2-11,21H,12H2,1H3. The number of fused-ring (bicyclic) bond motifs is 1. The molecular formula is C19H16O2. The van der Waals surface area contributed by atoms with Gasteiger partial charge in [0.25, 0.3) is 0 Å². The van der Waals surface area contributed by atoms with Crippen LogP contribution in [-0.2, 0) is 6.61 Å². The van der Waals surface area contributed by atoms with Crippen molar-refractivity contribution in [1.82, 2.24) is 0 Å². The van der Waals surface area contributed by atoms with Gasteiger partial charge in [-0.15, -0.1) is 0 Å². The normalized spacial score (nSPS) is 10.8. The van der Waals surface area contributed by atoms with Gasteiger partial charge in [-0.05, 0) is 39.9 Å². The van der Waals surface area contributed by atoms with Crippen molar-refractivity contribution in [1.29, 1.82) is 0 Å². The molecule has 0 aromatic heterocycles. The molecular weight excluding hydrogens is 260 g/mol. The summed E-state index contributed by atoms with van der Waals surface area (Å²) in [6, 6.07) is 17.6. The molecule has 2 heteroatoms. The molecule has 0 unspecified atom stereocenters. The minimum absolute atomic E-state index is 0.0474. The molecule has 0 fully saturated rings. The molecule has 3 aromatic carbocycles. The summed E-state index contributed by atoms with van der Waals surface area (Å²) < 4.78 is 0. The Morgan fingerprint density at radius 3 is 2.38 bits per heavy atom. The zero-order valence-corrected chi connectivity index (χ0v) is 11.8. The summed E-state index contributed by atoms with van der Waals surface area (Å²) >= 11 is 0. The minimum atomic E-state index is -0.0474. The van der Waals surface area contributed by atoms with Crippen molar-refractivity contribution in [3.63, 3.8) is 0 Å². The molecule has 0 saturated heterocycles. The third kappa shape index (κ3) is 2.24.